The fourth-order valence-corrected chi connectivity index (χ4v) is 7.03. The van der Waals surface area contributed by atoms with Crippen molar-refractivity contribution in [3.05, 3.63) is 62.6 Å². The summed E-state index contributed by atoms with van der Waals surface area (Å²) >= 11 is 1.49. The average Bonchev–Trinajstić information content (AvgIpc) is 3.31. The summed E-state index contributed by atoms with van der Waals surface area (Å²) in [5.74, 6) is 0.986. The highest BCUT2D eigenvalue weighted by molar-refractivity contribution is 7.89. The Hall–Kier alpha value is -2.23. The molecular formula is C21H26N4O3S2. The minimum Gasteiger partial charge on any atom is -0.246 e. The molecule has 1 N–H and O–H groups in total. The third-order valence-corrected chi connectivity index (χ3v) is 8.77. The van der Waals surface area contributed by atoms with E-state index in [1.807, 2.05) is 50.4 Å². The predicted octanol–water partition coefficient (Wildman–Crippen LogP) is 3.19. The molecule has 0 spiro atoms. The van der Waals surface area contributed by atoms with Gasteiger partial charge in [-0.1, -0.05) is 17.7 Å². The van der Waals surface area contributed by atoms with Crippen LogP contribution in [0.2, 0.25) is 0 Å². The lowest BCUT2D eigenvalue weighted by Gasteiger charge is -2.32. The normalized spacial score (nSPS) is 16.2. The number of piperidine rings is 1. The number of benzene rings is 1. The standard InChI is InChI=1S/C21H26N4O3S2/c1-14-11-15(2)20(16(3)12-14)30(27,28)24-8-6-17(7-9-24)13-18-22-23-21(26)25(18)19-5-4-10-29-19/h4-5,10-12,17H,6-9,13H2,1-3H3,(H,23,26). The minimum atomic E-state index is -3.52. The summed E-state index contributed by atoms with van der Waals surface area (Å²) in [6.45, 7) is 6.66. The van der Waals surface area contributed by atoms with Crippen LogP contribution in [-0.2, 0) is 16.4 Å². The van der Waals surface area contributed by atoms with Crippen LogP contribution in [0.1, 0.15) is 35.4 Å². The van der Waals surface area contributed by atoms with Gasteiger partial charge in [0.05, 0.1) is 4.90 Å². The second kappa shape index (κ2) is 8.13. The second-order valence-corrected chi connectivity index (χ2v) is 10.8. The number of rotatable bonds is 5. The summed E-state index contributed by atoms with van der Waals surface area (Å²) in [6, 6.07) is 7.65. The Morgan fingerprint density at radius 1 is 1.17 bits per heavy atom. The summed E-state index contributed by atoms with van der Waals surface area (Å²) in [6.07, 6.45) is 2.14. The maximum atomic E-state index is 13.3. The van der Waals surface area contributed by atoms with Crippen molar-refractivity contribution in [1.82, 2.24) is 19.1 Å². The number of aryl methyl sites for hydroxylation is 3. The molecule has 0 unspecified atom stereocenters. The molecule has 0 radical (unpaired) electrons. The molecule has 4 rings (SSSR count). The second-order valence-electron chi connectivity index (χ2n) is 8.01. The van der Waals surface area contributed by atoms with Crippen molar-refractivity contribution in [2.75, 3.05) is 13.1 Å². The van der Waals surface area contributed by atoms with Crippen LogP contribution in [0.3, 0.4) is 0 Å². The maximum Gasteiger partial charge on any atom is 0.348 e. The van der Waals surface area contributed by atoms with Crippen molar-refractivity contribution >= 4 is 21.4 Å². The van der Waals surface area contributed by atoms with Crippen molar-refractivity contribution in [1.29, 1.82) is 0 Å². The fourth-order valence-electron chi connectivity index (χ4n) is 4.41. The number of aromatic nitrogens is 3. The van der Waals surface area contributed by atoms with E-state index in [0.717, 1.165) is 34.5 Å². The Morgan fingerprint density at radius 3 is 2.43 bits per heavy atom. The van der Waals surface area contributed by atoms with Gasteiger partial charge in [-0.2, -0.15) is 9.40 Å². The number of H-pyrrole nitrogens is 1. The third-order valence-electron chi connectivity index (χ3n) is 5.72. The van der Waals surface area contributed by atoms with E-state index in [1.54, 1.807) is 8.87 Å². The van der Waals surface area contributed by atoms with Crippen molar-refractivity contribution in [2.45, 2.75) is 44.9 Å². The first-order valence-electron chi connectivity index (χ1n) is 10.1. The lowest BCUT2D eigenvalue weighted by molar-refractivity contribution is 0.269. The van der Waals surface area contributed by atoms with Gasteiger partial charge in [0.1, 0.15) is 10.8 Å². The van der Waals surface area contributed by atoms with Crippen LogP contribution in [0, 0.1) is 26.7 Å². The molecule has 0 amide bonds. The summed E-state index contributed by atoms with van der Waals surface area (Å²) in [7, 11) is -3.52. The summed E-state index contributed by atoms with van der Waals surface area (Å²) < 4.78 is 29.8. The van der Waals surface area contributed by atoms with E-state index >= 15 is 0 Å². The number of sulfonamides is 1. The van der Waals surface area contributed by atoms with E-state index in [-0.39, 0.29) is 11.6 Å². The topological polar surface area (TPSA) is 88.1 Å². The zero-order chi connectivity index (χ0) is 21.5. The molecule has 1 fully saturated rings. The molecule has 9 heteroatoms. The summed E-state index contributed by atoms with van der Waals surface area (Å²) in [4.78, 5) is 12.6. The molecule has 1 aromatic carbocycles. The van der Waals surface area contributed by atoms with Crippen LogP contribution in [0.25, 0.3) is 5.00 Å². The van der Waals surface area contributed by atoms with Crippen molar-refractivity contribution < 1.29 is 8.42 Å². The first-order chi connectivity index (χ1) is 14.3. The number of nitrogens with one attached hydrogen (secondary N) is 1. The molecule has 1 aliphatic rings. The predicted molar refractivity (Wildman–Crippen MR) is 118 cm³/mol. The Labute approximate surface area is 180 Å². The van der Waals surface area contributed by atoms with E-state index in [0.29, 0.717) is 30.2 Å². The first-order valence-corrected chi connectivity index (χ1v) is 12.4. The molecule has 0 saturated carbocycles. The zero-order valence-electron chi connectivity index (χ0n) is 17.4. The van der Waals surface area contributed by atoms with Crippen molar-refractivity contribution in [3.8, 4) is 5.00 Å². The smallest absolute Gasteiger partial charge is 0.246 e. The van der Waals surface area contributed by atoms with Gasteiger partial charge in [0.25, 0.3) is 0 Å². The highest BCUT2D eigenvalue weighted by atomic mass is 32.2. The molecule has 3 heterocycles. The van der Waals surface area contributed by atoms with E-state index in [4.69, 9.17) is 0 Å². The average molecular weight is 447 g/mol. The van der Waals surface area contributed by atoms with Crippen LogP contribution < -0.4 is 5.69 Å². The number of nitrogens with zero attached hydrogens (tertiary/aromatic N) is 3. The lowest BCUT2D eigenvalue weighted by Crippen LogP contribution is -2.39. The van der Waals surface area contributed by atoms with Gasteiger partial charge >= 0.3 is 5.69 Å². The quantitative estimate of drug-likeness (QED) is 0.652. The maximum absolute atomic E-state index is 13.3. The number of hydrogen-bond acceptors (Lipinski definition) is 5. The number of hydrogen-bond donors (Lipinski definition) is 1. The Balaban J connectivity index is 1.48. The van der Waals surface area contributed by atoms with Crippen LogP contribution in [-0.4, -0.2) is 40.6 Å². The molecule has 3 aromatic rings. The van der Waals surface area contributed by atoms with Gasteiger partial charge in [-0.3, -0.25) is 0 Å². The van der Waals surface area contributed by atoms with Crippen molar-refractivity contribution in [3.63, 3.8) is 0 Å². The molecule has 30 heavy (non-hydrogen) atoms. The largest absolute Gasteiger partial charge is 0.348 e. The summed E-state index contributed by atoms with van der Waals surface area (Å²) in [5, 5.41) is 9.53. The van der Waals surface area contributed by atoms with E-state index in [2.05, 4.69) is 10.2 Å². The van der Waals surface area contributed by atoms with E-state index in [9.17, 15) is 13.2 Å². The SMILES string of the molecule is Cc1cc(C)c(S(=O)(=O)N2CCC(Cc3n[nH]c(=O)n3-c3cccs3)CC2)c(C)c1. The fraction of sp³-hybridized carbons (Fsp3) is 0.429. The molecule has 1 aliphatic heterocycles. The van der Waals surface area contributed by atoms with Gasteiger partial charge in [-0.25, -0.2) is 22.9 Å². The molecule has 0 bridgehead atoms. The molecule has 1 saturated heterocycles. The lowest BCUT2D eigenvalue weighted by atomic mass is 9.94. The molecule has 7 nitrogen and oxygen atoms in total. The van der Waals surface area contributed by atoms with Gasteiger partial charge in [-0.15, -0.1) is 11.3 Å². The van der Waals surface area contributed by atoms with Gasteiger partial charge < -0.3 is 0 Å². The van der Waals surface area contributed by atoms with Gasteiger partial charge in [0.15, 0.2) is 0 Å². The zero-order valence-corrected chi connectivity index (χ0v) is 19.0. The van der Waals surface area contributed by atoms with Crippen LogP contribution in [0.4, 0.5) is 0 Å². The third kappa shape index (κ3) is 3.89. The van der Waals surface area contributed by atoms with E-state index in [1.165, 1.54) is 11.3 Å². The highest BCUT2D eigenvalue weighted by Crippen LogP contribution is 2.30. The van der Waals surface area contributed by atoms with Crippen LogP contribution in [0.15, 0.2) is 39.3 Å². The molecule has 160 valence electrons. The Bertz CT molecular complexity index is 1180. The Morgan fingerprint density at radius 2 is 1.83 bits per heavy atom. The first kappa shape index (κ1) is 21.0. The van der Waals surface area contributed by atoms with Gasteiger partial charge in [0, 0.05) is 19.5 Å². The van der Waals surface area contributed by atoms with E-state index < -0.39 is 10.0 Å². The summed E-state index contributed by atoms with van der Waals surface area (Å²) in [5.41, 5.74) is 2.42. The minimum absolute atomic E-state index is 0.238. The monoisotopic (exact) mass is 446 g/mol. The van der Waals surface area contributed by atoms with Gasteiger partial charge in [0.2, 0.25) is 10.0 Å². The van der Waals surface area contributed by atoms with Crippen molar-refractivity contribution in [2.24, 2.45) is 5.92 Å². The molecular weight excluding hydrogens is 420 g/mol. The number of thiophene rings is 1. The van der Waals surface area contributed by atoms with Crippen LogP contribution in [0.5, 0.6) is 0 Å². The molecule has 2 aromatic heterocycles. The highest BCUT2D eigenvalue weighted by Gasteiger charge is 2.32. The number of aromatic amines is 1. The Kier molecular flexibility index (Phi) is 5.69. The van der Waals surface area contributed by atoms with Crippen LogP contribution >= 0.6 is 11.3 Å². The van der Waals surface area contributed by atoms with Gasteiger partial charge in [-0.05, 0) is 68.2 Å². The molecule has 0 atom stereocenters. The molecule has 0 aliphatic carbocycles.